The van der Waals surface area contributed by atoms with E-state index in [1.54, 1.807) is 28.9 Å². The number of ether oxygens (including phenoxy) is 1. The van der Waals surface area contributed by atoms with E-state index in [1.807, 2.05) is 0 Å². The third kappa shape index (κ3) is 5.45. The average molecular weight is 526 g/mol. The van der Waals surface area contributed by atoms with E-state index in [2.05, 4.69) is 20.8 Å². The number of benzene rings is 1. The normalized spacial score (nSPS) is 15.3. The first-order chi connectivity index (χ1) is 17.9. The maximum atomic E-state index is 14.8. The van der Waals surface area contributed by atoms with Crippen molar-refractivity contribution in [3.63, 3.8) is 0 Å². The molecule has 1 aromatic carbocycles. The molecule has 2 N–H and O–H groups in total. The van der Waals surface area contributed by atoms with Crippen LogP contribution in [0.2, 0.25) is 0 Å². The van der Waals surface area contributed by atoms with Gasteiger partial charge in [-0.15, -0.1) is 0 Å². The number of aromatic nitrogens is 2. The van der Waals surface area contributed by atoms with Crippen molar-refractivity contribution >= 4 is 46.7 Å². The number of pyridine rings is 1. The number of carbonyl (C=O) groups is 2. The van der Waals surface area contributed by atoms with Gasteiger partial charge in [0.05, 0.1) is 0 Å². The minimum absolute atomic E-state index is 0.0507. The molecule has 0 saturated carbocycles. The summed E-state index contributed by atoms with van der Waals surface area (Å²) in [5.74, 6) is 1.03. The molecule has 2 aliphatic heterocycles. The molecule has 0 bridgehead atoms. The molecule has 2 aromatic heterocycles. The van der Waals surface area contributed by atoms with Crippen LogP contribution in [0, 0.1) is 12.7 Å². The Labute approximate surface area is 217 Å². The summed E-state index contributed by atoms with van der Waals surface area (Å²) in [5.41, 5.74) is 0.238. The molecule has 3 aromatic rings. The quantitative estimate of drug-likeness (QED) is 0.465. The topological polar surface area (TPSA) is 116 Å². The summed E-state index contributed by atoms with van der Waals surface area (Å²) in [4.78, 5) is 34.0. The second kappa shape index (κ2) is 10.4. The number of thiocarbonyl (C=S) groups is 1. The zero-order valence-electron chi connectivity index (χ0n) is 19.9. The van der Waals surface area contributed by atoms with Crippen LogP contribution in [-0.4, -0.2) is 63.3 Å². The Morgan fingerprint density at radius 3 is 2.59 bits per heavy atom. The summed E-state index contributed by atoms with van der Waals surface area (Å²) in [5, 5.41) is 9.59. The van der Waals surface area contributed by atoms with Gasteiger partial charge in [0.1, 0.15) is 17.3 Å². The van der Waals surface area contributed by atoms with E-state index in [9.17, 15) is 14.0 Å². The highest BCUT2D eigenvalue weighted by atomic mass is 32.1. The molecule has 37 heavy (non-hydrogen) atoms. The van der Waals surface area contributed by atoms with Crippen molar-refractivity contribution in [2.75, 3.05) is 41.7 Å². The van der Waals surface area contributed by atoms with Gasteiger partial charge in [0.25, 0.3) is 0 Å². The summed E-state index contributed by atoms with van der Waals surface area (Å²) in [6.45, 7) is 3.99. The highest BCUT2D eigenvalue weighted by molar-refractivity contribution is 7.80. The molecule has 11 nitrogen and oxygen atoms in total. The zero-order chi connectivity index (χ0) is 25.9. The van der Waals surface area contributed by atoms with Crippen LogP contribution in [0.15, 0.2) is 47.1 Å². The summed E-state index contributed by atoms with van der Waals surface area (Å²) in [7, 11) is 0. The van der Waals surface area contributed by atoms with Crippen LogP contribution in [0.5, 0.6) is 11.5 Å². The smallest absolute Gasteiger partial charge is 0.328 e. The molecular formula is C24H24FN7O4S. The van der Waals surface area contributed by atoms with Gasteiger partial charge in [0.2, 0.25) is 0 Å². The van der Waals surface area contributed by atoms with E-state index in [0.717, 1.165) is 18.9 Å². The molecule has 192 valence electrons. The van der Waals surface area contributed by atoms with E-state index >= 15 is 0 Å². The monoisotopic (exact) mass is 525 g/mol. The standard InChI is InChI=1S/C24H24FN7O4S/c1-15-12-21(29-36-15)31-10-11-32(24(31)37)23(34)27-16-4-5-19(18(25)13-16)35-17-6-7-26-20(14-17)28-22(33)30-8-2-3-9-30/h4-7,12-14H,2-3,8-11H2,1H3,(H,27,34)(H,26,28,33). The largest absolute Gasteiger partial charge is 0.454 e. The summed E-state index contributed by atoms with van der Waals surface area (Å²) in [6.07, 6.45) is 3.42. The van der Waals surface area contributed by atoms with Crippen LogP contribution >= 0.6 is 12.2 Å². The molecule has 0 atom stereocenters. The predicted molar refractivity (Wildman–Crippen MR) is 137 cm³/mol. The molecule has 4 heterocycles. The van der Waals surface area contributed by atoms with E-state index < -0.39 is 11.8 Å². The fraction of sp³-hybridized carbons (Fsp3) is 0.292. The number of nitrogens with zero attached hydrogens (tertiary/aromatic N) is 5. The van der Waals surface area contributed by atoms with Gasteiger partial charge in [0.15, 0.2) is 22.5 Å². The van der Waals surface area contributed by atoms with Gasteiger partial charge >= 0.3 is 12.1 Å². The third-order valence-corrected chi connectivity index (χ3v) is 6.36. The number of hydrogen-bond donors (Lipinski definition) is 2. The minimum atomic E-state index is -0.680. The van der Waals surface area contributed by atoms with Crippen molar-refractivity contribution in [1.82, 2.24) is 19.9 Å². The molecule has 2 fully saturated rings. The molecule has 5 rings (SSSR count). The van der Waals surface area contributed by atoms with Crippen LogP contribution in [0.25, 0.3) is 0 Å². The van der Waals surface area contributed by atoms with Crippen molar-refractivity contribution in [2.24, 2.45) is 0 Å². The summed E-state index contributed by atoms with van der Waals surface area (Å²) < 4.78 is 25.5. The lowest BCUT2D eigenvalue weighted by Gasteiger charge is -2.19. The van der Waals surface area contributed by atoms with Crippen molar-refractivity contribution in [3.8, 4) is 11.5 Å². The molecule has 2 aliphatic rings. The molecule has 0 radical (unpaired) electrons. The van der Waals surface area contributed by atoms with Gasteiger partial charge in [-0.1, -0.05) is 5.16 Å². The number of rotatable bonds is 5. The van der Waals surface area contributed by atoms with Gasteiger partial charge in [-0.2, -0.15) is 0 Å². The fourth-order valence-electron chi connectivity index (χ4n) is 4.05. The Morgan fingerprint density at radius 2 is 1.86 bits per heavy atom. The molecular weight excluding hydrogens is 501 g/mol. The third-order valence-electron chi connectivity index (χ3n) is 5.92. The van der Waals surface area contributed by atoms with Crippen molar-refractivity contribution in [3.05, 3.63) is 54.2 Å². The first-order valence-electron chi connectivity index (χ1n) is 11.7. The number of anilines is 3. The second-order valence-electron chi connectivity index (χ2n) is 8.56. The molecule has 0 spiro atoms. The number of halogens is 1. The fourth-order valence-corrected chi connectivity index (χ4v) is 4.41. The molecule has 2 saturated heterocycles. The van der Waals surface area contributed by atoms with Crippen LogP contribution in [0.1, 0.15) is 18.6 Å². The molecule has 0 unspecified atom stereocenters. The number of amides is 4. The van der Waals surface area contributed by atoms with E-state index in [1.165, 1.54) is 29.3 Å². The number of urea groups is 2. The molecule has 0 aliphatic carbocycles. The lowest BCUT2D eigenvalue weighted by molar-refractivity contribution is 0.222. The highest BCUT2D eigenvalue weighted by Gasteiger charge is 2.32. The van der Waals surface area contributed by atoms with Gasteiger partial charge in [-0.25, -0.2) is 19.0 Å². The lowest BCUT2D eigenvalue weighted by Crippen LogP contribution is -2.38. The van der Waals surface area contributed by atoms with Crippen LogP contribution < -0.4 is 20.3 Å². The number of carbonyl (C=O) groups excluding carboxylic acids is 2. The van der Waals surface area contributed by atoms with Gasteiger partial charge in [-0.3, -0.25) is 15.1 Å². The summed E-state index contributed by atoms with van der Waals surface area (Å²) in [6, 6.07) is 8.15. The zero-order valence-corrected chi connectivity index (χ0v) is 20.8. The van der Waals surface area contributed by atoms with Crippen molar-refractivity contribution in [2.45, 2.75) is 19.8 Å². The van der Waals surface area contributed by atoms with E-state index in [0.29, 0.717) is 49.3 Å². The van der Waals surface area contributed by atoms with Crippen LogP contribution in [0.3, 0.4) is 0 Å². The Bertz CT molecular complexity index is 1340. The number of hydrogen-bond acceptors (Lipinski definition) is 7. The van der Waals surface area contributed by atoms with Gasteiger partial charge in [-0.05, 0) is 50.2 Å². The Balaban J connectivity index is 1.20. The van der Waals surface area contributed by atoms with Gasteiger partial charge in [0, 0.05) is 56.3 Å². The number of nitrogens with one attached hydrogen (secondary N) is 2. The van der Waals surface area contributed by atoms with Crippen molar-refractivity contribution in [1.29, 1.82) is 0 Å². The average Bonchev–Trinajstić information content (AvgIpc) is 3.62. The number of aryl methyl sites for hydroxylation is 1. The van der Waals surface area contributed by atoms with Crippen LogP contribution in [-0.2, 0) is 0 Å². The summed E-state index contributed by atoms with van der Waals surface area (Å²) >= 11 is 5.41. The maximum Gasteiger partial charge on any atom is 0.328 e. The first kappa shape index (κ1) is 24.4. The molecule has 13 heteroatoms. The van der Waals surface area contributed by atoms with E-state index in [4.69, 9.17) is 21.5 Å². The van der Waals surface area contributed by atoms with Gasteiger partial charge < -0.3 is 19.5 Å². The second-order valence-corrected chi connectivity index (χ2v) is 8.93. The molecule has 4 amide bonds. The minimum Gasteiger partial charge on any atom is -0.454 e. The lowest BCUT2D eigenvalue weighted by atomic mass is 10.3. The SMILES string of the molecule is Cc1cc(N2CCN(C(=O)Nc3ccc(Oc4ccnc(NC(=O)N5CCCC5)c4)c(F)c3)C2=S)no1. The Hall–Kier alpha value is -4.26. The Kier molecular flexibility index (Phi) is 6.86. The van der Waals surface area contributed by atoms with E-state index in [-0.39, 0.29) is 22.6 Å². The first-order valence-corrected chi connectivity index (χ1v) is 12.1. The highest BCUT2D eigenvalue weighted by Crippen LogP contribution is 2.28. The number of likely N-dealkylation sites (tertiary alicyclic amines) is 1. The predicted octanol–water partition coefficient (Wildman–Crippen LogP) is 4.58. The maximum absolute atomic E-state index is 14.8. The Morgan fingerprint density at radius 1 is 1.05 bits per heavy atom. The van der Waals surface area contributed by atoms with Crippen LogP contribution in [0.4, 0.5) is 31.3 Å². The van der Waals surface area contributed by atoms with Crippen molar-refractivity contribution < 1.29 is 23.2 Å².